The molecule has 0 bridgehead atoms. The van der Waals surface area contributed by atoms with E-state index in [0.29, 0.717) is 6.54 Å². The summed E-state index contributed by atoms with van der Waals surface area (Å²) in [5.41, 5.74) is 1.10. The lowest BCUT2D eigenvalue weighted by molar-refractivity contribution is -0.126. The lowest BCUT2D eigenvalue weighted by Crippen LogP contribution is -2.38. The summed E-state index contributed by atoms with van der Waals surface area (Å²) in [6, 6.07) is 7.93. The molecule has 0 spiro atoms. The van der Waals surface area contributed by atoms with Gasteiger partial charge in [-0.1, -0.05) is 6.07 Å². The van der Waals surface area contributed by atoms with Crippen molar-refractivity contribution in [2.75, 3.05) is 39.4 Å². The number of ether oxygens (including phenoxy) is 1. The molecule has 26 heavy (non-hydrogen) atoms. The summed E-state index contributed by atoms with van der Waals surface area (Å²) in [5.74, 6) is 0.0530. The van der Waals surface area contributed by atoms with E-state index in [-0.39, 0.29) is 5.91 Å². The zero-order valence-corrected chi connectivity index (χ0v) is 15.7. The minimum absolute atomic E-state index is 0.0530. The van der Waals surface area contributed by atoms with Crippen molar-refractivity contribution in [2.45, 2.75) is 13.0 Å². The largest absolute Gasteiger partial charge is 0.379 e. The number of carbonyl (C=O) groups is 1. The van der Waals surface area contributed by atoms with Gasteiger partial charge in [-0.15, -0.1) is 11.3 Å². The molecule has 3 heterocycles. The van der Waals surface area contributed by atoms with E-state index in [1.165, 1.54) is 0 Å². The molecule has 0 aromatic carbocycles. The third-order valence-corrected chi connectivity index (χ3v) is 5.21. The maximum Gasteiger partial charge on any atom is 0.246 e. The van der Waals surface area contributed by atoms with Gasteiger partial charge in [0.2, 0.25) is 5.91 Å². The van der Waals surface area contributed by atoms with Crippen LogP contribution >= 0.6 is 11.3 Å². The fraction of sp³-hybridized carbons (Fsp3) is 0.400. The van der Waals surface area contributed by atoms with Crippen LogP contribution in [0, 0.1) is 0 Å². The van der Waals surface area contributed by atoms with Crippen molar-refractivity contribution in [1.82, 2.24) is 14.8 Å². The molecule has 1 fully saturated rings. The molecule has 0 aliphatic carbocycles. The molecule has 0 atom stereocenters. The van der Waals surface area contributed by atoms with Gasteiger partial charge in [0.15, 0.2) is 0 Å². The van der Waals surface area contributed by atoms with Crippen molar-refractivity contribution in [3.63, 3.8) is 0 Å². The third kappa shape index (κ3) is 6.05. The molecule has 1 saturated heterocycles. The van der Waals surface area contributed by atoms with Crippen LogP contribution < -0.4 is 0 Å². The standard InChI is InChI=1S/C20H25N3O2S/c24-20(5-4-19-3-1-16-26-19)23(17-18-6-8-21-9-7-18)11-2-10-22-12-14-25-15-13-22/h1,3-9,16H,2,10-15,17H2/b5-4-. The van der Waals surface area contributed by atoms with Crippen LogP contribution in [0.25, 0.3) is 6.08 Å². The molecule has 6 heteroatoms. The average molecular weight is 372 g/mol. The number of rotatable bonds is 8. The number of hydrogen-bond donors (Lipinski definition) is 0. The number of carbonyl (C=O) groups excluding carboxylic acids is 1. The highest BCUT2D eigenvalue weighted by Crippen LogP contribution is 2.12. The second-order valence-corrected chi connectivity index (χ2v) is 7.25. The lowest BCUT2D eigenvalue weighted by atomic mass is 10.2. The molecule has 1 aliphatic rings. The number of amides is 1. The van der Waals surface area contributed by atoms with Crippen molar-refractivity contribution in [1.29, 1.82) is 0 Å². The van der Waals surface area contributed by atoms with E-state index in [0.717, 1.165) is 56.3 Å². The summed E-state index contributed by atoms with van der Waals surface area (Å²) in [4.78, 5) is 22.2. The fourth-order valence-corrected chi connectivity index (χ4v) is 3.55. The summed E-state index contributed by atoms with van der Waals surface area (Å²) < 4.78 is 5.39. The average Bonchev–Trinajstić information content (AvgIpc) is 3.21. The molecule has 2 aromatic heterocycles. The van der Waals surface area contributed by atoms with Gasteiger partial charge >= 0.3 is 0 Å². The smallest absolute Gasteiger partial charge is 0.246 e. The van der Waals surface area contributed by atoms with E-state index in [2.05, 4.69) is 9.88 Å². The van der Waals surface area contributed by atoms with Gasteiger partial charge in [-0.2, -0.15) is 0 Å². The fourth-order valence-electron chi connectivity index (χ4n) is 2.93. The Morgan fingerprint density at radius 3 is 2.81 bits per heavy atom. The number of morpholine rings is 1. The van der Waals surface area contributed by atoms with Crippen LogP contribution in [0.2, 0.25) is 0 Å². The van der Waals surface area contributed by atoms with E-state index < -0.39 is 0 Å². The van der Waals surface area contributed by atoms with E-state index in [1.807, 2.05) is 40.6 Å². The first kappa shape index (κ1) is 18.8. The minimum Gasteiger partial charge on any atom is -0.379 e. The normalized spacial score (nSPS) is 15.4. The molecule has 0 N–H and O–H groups in total. The van der Waals surface area contributed by atoms with Crippen LogP contribution in [0.4, 0.5) is 0 Å². The van der Waals surface area contributed by atoms with Gasteiger partial charge in [-0.3, -0.25) is 14.7 Å². The van der Waals surface area contributed by atoms with Crippen LogP contribution in [0.3, 0.4) is 0 Å². The van der Waals surface area contributed by atoms with Crippen LogP contribution in [-0.2, 0) is 16.1 Å². The molecule has 5 nitrogen and oxygen atoms in total. The second kappa shape index (κ2) is 10.2. The van der Waals surface area contributed by atoms with Gasteiger partial charge < -0.3 is 9.64 Å². The van der Waals surface area contributed by atoms with Crippen LogP contribution in [0.5, 0.6) is 0 Å². The Balaban J connectivity index is 1.57. The molecule has 0 saturated carbocycles. The van der Waals surface area contributed by atoms with E-state index in [4.69, 9.17) is 4.74 Å². The highest BCUT2D eigenvalue weighted by Gasteiger charge is 2.14. The number of nitrogens with zero attached hydrogens (tertiary/aromatic N) is 3. The first-order valence-corrected chi connectivity index (χ1v) is 9.89. The summed E-state index contributed by atoms with van der Waals surface area (Å²) in [6.07, 6.45) is 8.08. The lowest BCUT2D eigenvalue weighted by Gasteiger charge is -2.28. The maximum atomic E-state index is 12.7. The van der Waals surface area contributed by atoms with Crippen LogP contribution in [0.1, 0.15) is 16.9 Å². The Hall–Kier alpha value is -2.02. The van der Waals surface area contributed by atoms with Gasteiger partial charge in [0.1, 0.15) is 0 Å². The highest BCUT2D eigenvalue weighted by molar-refractivity contribution is 7.10. The van der Waals surface area contributed by atoms with Crippen molar-refractivity contribution in [3.05, 3.63) is 58.6 Å². The number of thiophene rings is 1. The Morgan fingerprint density at radius 1 is 1.27 bits per heavy atom. The molecule has 1 aliphatic heterocycles. The van der Waals surface area contributed by atoms with Crippen molar-refractivity contribution in [3.8, 4) is 0 Å². The molecule has 0 unspecified atom stereocenters. The quantitative estimate of drug-likeness (QED) is 0.670. The molecule has 0 radical (unpaired) electrons. The summed E-state index contributed by atoms with van der Waals surface area (Å²) in [7, 11) is 0. The van der Waals surface area contributed by atoms with Crippen molar-refractivity contribution >= 4 is 23.3 Å². The van der Waals surface area contributed by atoms with Crippen LogP contribution in [-0.4, -0.2) is 60.1 Å². The predicted octanol–water partition coefficient (Wildman–Crippen LogP) is 2.91. The SMILES string of the molecule is O=C(/C=C\c1cccs1)N(CCCN1CCOCC1)Cc1ccncc1. The van der Waals surface area contributed by atoms with Gasteiger partial charge in [0.25, 0.3) is 0 Å². The Morgan fingerprint density at radius 2 is 2.08 bits per heavy atom. The minimum atomic E-state index is 0.0530. The Kier molecular flexibility index (Phi) is 7.37. The van der Waals surface area contributed by atoms with Gasteiger partial charge in [-0.25, -0.2) is 0 Å². The Bertz CT molecular complexity index is 682. The van der Waals surface area contributed by atoms with E-state index >= 15 is 0 Å². The molecule has 3 rings (SSSR count). The predicted molar refractivity (Wildman–Crippen MR) is 105 cm³/mol. The van der Waals surface area contributed by atoms with Crippen LogP contribution in [0.15, 0.2) is 48.1 Å². The zero-order valence-electron chi connectivity index (χ0n) is 14.9. The van der Waals surface area contributed by atoms with Gasteiger partial charge in [0.05, 0.1) is 13.2 Å². The Labute approximate surface area is 158 Å². The number of hydrogen-bond acceptors (Lipinski definition) is 5. The number of pyridine rings is 1. The molecular weight excluding hydrogens is 346 g/mol. The molecular formula is C20H25N3O2S. The van der Waals surface area contributed by atoms with E-state index in [9.17, 15) is 4.79 Å². The molecule has 1 amide bonds. The zero-order chi connectivity index (χ0) is 18.0. The third-order valence-electron chi connectivity index (χ3n) is 4.37. The topological polar surface area (TPSA) is 45.7 Å². The summed E-state index contributed by atoms with van der Waals surface area (Å²) >= 11 is 1.63. The van der Waals surface area contributed by atoms with Gasteiger partial charge in [-0.05, 0) is 41.6 Å². The second-order valence-electron chi connectivity index (χ2n) is 6.27. The van der Waals surface area contributed by atoms with Crippen molar-refractivity contribution < 1.29 is 9.53 Å². The molecule has 2 aromatic rings. The van der Waals surface area contributed by atoms with E-state index in [1.54, 1.807) is 29.8 Å². The summed E-state index contributed by atoms with van der Waals surface area (Å²) in [5, 5.41) is 2.02. The van der Waals surface area contributed by atoms with Crippen molar-refractivity contribution in [2.24, 2.45) is 0 Å². The monoisotopic (exact) mass is 371 g/mol. The first-order chi connectivity index (χ1) is 12.8. The summed E-state index contributed by atoms with van der Waals surface area (Å²) in [6.45, 7) is 5.93. The number of aromatic nitrogens is 1. The molecule has 138 valence electrons. The van der Waals surface area contributed by atoms with Gasteiger partial charge in [0, 0.05) is 56.1 Å². The highest BCUT2D eigenvalue weighted by atomic mass is 32.1. The first-order valence-electron chi connectivity index (χ1n) is 9.01. The maximum absolute atomic E-state index is 12.7.